The molecule has 6 N–H and O–H groups in total. The van der Waals surface area contributed by atoms with E-state index in [-0.39, 0.29) is 0 Å². The molecule has 2 aromatic heterocycles. The summed E-state index contributed by atoms with van der Waals surface area (Å²) >= 11 is 0. The van der Waals surface area contributed by atoms with Crippen LogP contribution in [0.15, 0.2) is 54.7 Å². The second-order valence-electron chi connectivity index (χ2n) is 9.36. The van der Waals surface area contributed by atoms with E-state index in [1.807, 2.05) is 24.4 Å². The van der Waals surface area contributed by atoms with Gasteiger partial charge in [-0.05, 0) is 44.2 Å². The number of benzene rings is 2. The lowest BCUT2D eigenvalue weighted by molar-refractivity contribution is -0.333. The normalized spacial score (nSPS) is 14.2. The molecule has 1 amide bonds. The number of piperazine rings is 1. The van der Waals surface area contributed by atoms with Crippen LogP contribution in [0, 0.1) is 0 Å². The van der Waals surface area contributed by atoms with Crippen LogP contribution in [0.4, 0.5) is 28.8 Å². The number of aromatic amines is 2. The number of hydrogen-bond acceptors (Lipinski definition) is 7. The number of anilines is 5. The molecule has 5 rings (SSSR count). The van der Waals surface area contributed by atoms with Crippen LogP contribution < -0.4 is 31.0 Å². The minimum atomic E-state index is -0.509. The van der Waals surface area contributed by atoms with E-state index in [4.69, 9.17) is 15.5 Å². The monoisotopic (exact) mass is 501 g/mol. The second-order valence-corrected chi connectivity index (χ2v) is 9.36. The van der Waals surface area contributed by atoms with Gasteiger partial charge in [0.25, 0.3) is 5.91 Å². The van der Waals surface area contributed by atoms with E-state index in [0.29, 0.717) is 34.8 Å². The third kappa shape index (κ3) is 5.14. The van der Waals surface area contributed by atoms with Crippen LogP contribution in [0.5, 0.6) is 5.75 Å². The molecule has 192 valence electrons. The summed E-state index contributed by atoms with van der Waals surface area (Å²) in [7, 11) is 1.65. The zero-order valence-corrected chi connectivity index (χ0v) is 21.3. The number of carbonyl (C=O) groups is 1. The zero-order valence-electron chi connectivity index (χ0n) is 21.3. The molecule has 0 saturated carbocycles. The first-order chi connectivity index (χ1) is 17.9. The molecule has 0 bridgehead atoms. The number of fused-ring (bicyclic) bond motifs is 1. The van der Waals surface area contributed by atoms with Crippen molar-refractivity contribution in [2.45, 2.75) is 19.9 Å². The lowest BCUT2D eigenvalue weighted by Crippen LogP contribution is -2.48. The van der Waals surface area contributed by atoms with Gasteiger partial charge in [0.2, 0.25) is 11.5 Å². The van der Waals surface area contributed by atoms with Crippen LogP contribution in [-0.4, -0.2) is 60.1 Å². The second kappa shape index (κ2) is 10.4. The molecule has 1 aliphatic heterocycles. The summed E-state index contributed by atoms with van der Waals surface area (Å²) < 4.78 is 5.64. The van der Waals surface area contributed by atoms with E-state index >= 15 is 0 Å². The maximum Gasteiger partial charge on any atom is 0.351 e. The first-order valence-electron chi connectivity index (χ1n) is 12.4. The molecule has 0 aliphatic carbocycles. The van der Waals surface area contributed by atoms with Crippen LogP contribution >= 0.6 is 0 Å². The predicted molar refractivity (Wildman–Crippen MR) is 146 cm³/mol. The highest BCUT2D eigenvalue weighted by Crippen LogP contribution is 2.33. The molecule has 3 heterocycles. The molecule has 0 unspecified atom stereocenters. The van der Waals surface area contributed by atoms with E-state index in [0.717, 1.165) is 48.6 Å². The maximum atomic E-state index is 11.9. The number of nitrogens with one attached hydrogen (secondary N) is 4. The minimum Gasteiger partial charge on any atom is -0.493 e. The highest BCUT2D eigenvalue weighted by molar-refractivity contribution is 6.00. The number of hydrogen-bond donors (Lipinski definition) is 4. The SMILES string of the molecule is COc1ccc(N2CCN(C(C)C)CC2)cc1Nc1nc(Nc2ccccc2C(N)=O)c2cc[nH]c2[nH+]1. The summed E-state index contributed by atoms with van der Waals surface area (Å²) in [5, 5.41) is 7.51. The van der Waals surface area contributed by atoms with Crippen LogP contribution in [0.3, 0.4) is 0 Å². The van der Waals surface area contributed by atoms with Crippen LogP contribution in [0.25, 0.3) is 11.0 Å². The first kappa shape index (κ1) is 24.4. The number of para-hydroxylation sites is 1. The van der Waals surface area contributed by atoms with Gasteiger partial charge in [-0.2, -0.15) is 0 Å². The summed E-state index contributed by atoms with van der Waals surface area (Å²) in [4.78, 5) is 28.1. The largest absolute Gasteiger partial charge is 0.493 e. The van der Waals surface area contributed by atoms with Crippen molar-refractivity contribution in [3.05, 3.63) is 60.3 Å². The van der Waals surface area contributed by atoms with Crippen molar-refractivity contribution in [2.24, 2.45) is 5.73 Å². The van der Waals surface area contributed by atoms with E-state index in [1.54, 1.807) is 25.3 Å². The molecule has 1 saturated heterocycles. The fraction of sp³-hybridized carbons (Fsp3) is 0.296. The average molecular weight is 502 g/mol. The number of rotatable bonds is 8. The molecular weight excluding hydrogens is 468 g/mol. The van der Waals surface area contributed by atoms with Gasteiger partial charge in [-0.25, -0.2) is 4.98 Å². The lowest BCUT2D eigenvalue weighted by Gasteiger charge is -2.38. The summed E-state index contributed by atoms with van der Waals surface area (Å²) in [6.07, 6.45) is 1.83. The standard InChI is InChI=1S/C27H32N8O2/c1-17(2)34-12-14-35(15-13-34)18-8-9-23(37-3)22(16-18)31-27-32-25-20(10-11-29-25)26(33-27)30-21-7-5-4-6-19(21)24(28)36/h4-11,16-17H,12-15H2,1-3H3,(H2,28,36)(H3,29,30,31,32,33)/p+1. The van der Waals surface area contributed by atoms with Crippen molar-refractivity contribution < 1.29 is 14.5 Å². The summed E-state index contributed by atoms with van der Waals surface area (Å²) in [5.41, 5.74) is 9.25. The number of amides is 1. The first-order valence-corrected chi connectivity index (χ1v) is 12.4. The van der Waals surface area contributed by atoms with Crippen molar-refractivity contribution in [3.8, 4) is 5.75 Å². The molecular formula is C27H33N8O2+. The predicted octanol–water partition coefficient (Wildman–Crippen LogP) is 3.50. The summed E-state index contributed by atoms with van der Waals surface area (Å²) in [5.74, 6) is 1.28. The van der Waals surface area contributed by atoms with Gasteiger partial charge in [0, 0.05) is 50.2 Å². The van der Waals surface area contributed by atoms with E-state index in [1.165, 1.54) is 0 Å². The number of aromatic nitrogens is 3. The smallest absolute Gasteiger partial charge is 0.351 e. The fourth-order valence-corrected chi connectivity index (χ4v) is 4.69. The Bertz CT molecular complexity index is 1410. The van der Waals surface area contributed by atoms with Gasteiger partial charge in [0.1, 0.15) is 5.69 Å². The Balaban J connectivity index is 1.45. The third-order valence-corrected chi connectivity index (χ3v) is 6.76. The quantitative estimate of drug-likeness (QED) is 0.291. The average Bonchev–Trinajstić information content (AvgIpc) is 3.38. The van der Waals surface area contributed by atoms with Gasteiger partial charge in [-0.3, -0.25) is 20.0 Å². The Labute approximate surface area is 215 Å². The summed E-state index contributed by atoms with van der Waals surface area (Å²) in [6.45, 7) is 8.49. The maximum absolute atomic E-state index is 11.9. The number of nitrogens with zero attached hydrogens (tertiary/aromatic N) is 3. The highest BCUT2D eigenvalue weighted by Gasteiger charge is 2.22. The molecule has 2 aromatic carbocycles. The molecule has 37 heavy (non-hydrogen) atoms. The van der Waals surface area contributed by atoms with Crippen LogP contribution in [0.2, 0.25) is 0 Å². The minimum absolute atomic E-state index is 0.391. The van der Waals surface area contributed by atoms with Gasteiger partial charge in [0.05, 0.1) is 23.7 Å². The molecule has 4 aromatic rings. The molecule has 0 atom stereocenters. The van der Waals surface area contributed by atoms with Crippen molar-refractivity contribution in [1.29, 1.82) is 0 Å². The number of methoxy groups -OCH3 is 1. The Morgan fingerprint density at radius 2 is 1.86 bits per heavy atom. The van der Waals surface area contributed by atoms with Crippen molar-refractivity contribution in [2.75, 3.05) is 48.8 Å². The molecule has 0 radical (unpaired) electrons. The Morgan fingerprint density at radius 3 is 2.59 bits per heavy atom. The number of carbonyl (C=O) groups excluding carboxylic acids is 1. The number of H-pyrrole nitrogens is 2. The zero-order chi connectivity index (χ0) is 25.9. The number of nitrogens with two attached hydrogens (primary N) is 1. The number of ether oxygens (including phenoxy) is 1. The van der Waals surface area contributed by atoms with Gasteiger partial charge >= 0.3 is 5.95 Å². The van der Waals surface area contributed by atoms with Gasteiger partial charge in [0.15, 0.2) is 5.75 Å². The van der Waals surface area contributed by atoms with E-state index in [9.17, 15) is 4.79 Å². The van der Waals surface area contributed by atoms with E-state index in [2.05, 4.69) is 56.4 Å². The Hall–Kier alpha value is -4.31. The Morgan fingerprint density at radius 1 is 1.08 bits per heavy atom. The molecule has 10 nitrogen and oxygen atoms in total. The molecule has 1 aliphatic rings. The summed E-state index contributed by atoms with van der Waals surface area (Å²) in [6, 6.07) is 15.7. The van der Waals surface area contributed by atoms with Crippen molar-refractivity contribution in [1.82, 2.24) is 14.9 Å². The van der Waals surface area contributed by atoms with Crippen LogP contribution in [-0.2, 0) is 0 Å². The molecule has 1 fully saturated rings. The lowest BCUT2D eigenvalue weighted by atomic mass is 10.1. The topological polar surface area (TPSA) is 126 Å². The van der Waals surface area contributed by atoms with Crippen LogP contribution in [0.1, 0.15) is 24.2 Å². The van der Waals surface area contributed by atoms with Gasteiger partial charge in [-0.15, -0.1) is 0 Å². The van der Waals surface area contributed by atoms with Gasteiger partial charge in [-0.1, -0.05) is 17.1 Å². The Kier molecular flexibility index (Phi) is 6.82. The van der Waals surface area contributed by atoms with Crippen molar-refractivity contribution in [3.63, 3.8) is 0 Å². The third-order valence-electron chi connectivity index (χ3n) is 6.76. The molecule has 0 spiro atoms. The van der Waals surface area contributed by atoms with E-state index < -0.39 is 5.91 Å². The fourth-order valence-electron chi connectivity index (χ4n) is 4.69. The highest BCUT2D eigenvalue weighted by atomic mass is 16.5. The number of primary amides is 1. The van der Waals surface area contributed by atoms with Gasteiger partial charge < -0.3 is 20.7 Å². The van der Waals surface area contributed by atoms with Crippen molar-refractivity contribution >= 4 is 45.8 Å². The molecule has 10 heteroatoms.